The molecule has 2 aliphatic heterocycles. The zero-order chi connectivity index (χ0) is 22.8. The van der Waals surface area contributed by atoms with Crippen LogP contribution >= 0.6 is 0 Å². The molecule has 5 nitrogen and oxygen atoms in total. The minimum absolute atomic E-state index is 0.244. The van der Waals surface area contributed by atoms with E-state index in [1.807, 2.05) is 45.0 Å². The summed E-state index contributed by atoms with van der Waals surface area (Å²) >= 11 is 0. The van der Waals surface area contributed by atoms with Gasteiger partial charge in [0.15, 0.2) is 0 Å². The summed E-state index contributed by atoms with van der Waals surface area (Å²) in [5, 5.41) is 0. The van der Waals surface area contributed by atoms with Gasteiger partial charge in [0.25, 0.3) is 11.8 Å². The van der Waals surface area contributed by atoms with E-state index in [9.17, 15) is 9.59 Å². The quantitative estimate of drug-likeness (QED) is 0.596. The molecule has 0 aromatic heterocycles. The van der Waals surface area contributed by atoms with Gasteiger partial charge < -0.3 is 9.64 Å². The smallest absolute Gasteiger partial charge is 0.282 e. The number of hydrogen-bond donors (Lipinski definition) is 0. The number of rotatable bonds is 6. The topological polar surface area (TPSA) is 49.9 Å². The monoisotopic (exact) mass is 432 g/mol. The van der Waals surface area contributed by atoms with E-state index in [1.54, 1.807) is 12.1 Å². The molecule has 2 heterocycles. The number of nitrogens with zero attached hydrogens (tertiary/aromatic N) is 2. The maximum atomic E-state index is 13.8. The third-order valence-electron chi connectivity index (χ3n) is 6.23. The van der Waals surface area contributed by atoms with Crippen molar-refractivity contribution in [2.75, 3.05) is 24.6 Å². The van der Waals surface area contributed by atoms with Gasteiger partial charge in [-0.2, -0.15) is 0 Å². The Morgan fingerprint density at radius 1 is 1.06 bits per heavy atom. The molecule has 0 spiro atoms. The molecule has 0 radical (unpaired) electrons. The summed E-state index contributed by atoms with van der Waals surface area (Å²) in [6, 6.07) is 13.3. The second kappa shape index (κ2) is 9.19. The number of imide groups is 1. The molecule has 2 amide bonds. The van der Waals surface area contributed by atoms with Crippen molar-refractivity contribution in [2.45, 2.75) is 47.0 Å². The van der Waals surface area contributed by atoms with Crippen molar-refractivity contribution in [1.82, 2.24) is 4.90 Å². The van der Waals surface area contributed by atoms with Gasteiger partial charge in [0.1, 0.15) is 11.4 Å². The first-order valence-electron chi connectivity index (χ1n) is 11.6. The Bertz CT molecular complexity index is 1070. The summed E-state index contributed by atoms with van der Waals surface area (Å²) in [6.07, 6.45) is 3.06. The number of amides is 2. The zero-order valence-electron chi connectivity index (χ0n) is 19.5. The first-order chi connectivity index (χ1) is 15.4. The number of likely N-dealkylation sites (tertiary alicyclic amines) is 1. The average molecular weight is 433 g/mol. The first kappa shape index (κ1) is 22.1. The van der Waals surface area contributed by atoms with Crippen molar-refractivity contribution in [3.8, 4) is 5.75 Å². The van der Waals surface area contributed by atoms with Gasteiger partial charge in [0.05, 0.1) is 17.9 Å². The van der Waals surface area contributed by atoms with Crippen molar-refractivity contribution in [3.63, 3.8) is 0 Å². The standard InChI is InChI=1S/C27H32N2O3/c1-5-14-32-22-10-6-9-21(16-22)29-26(30)24(23-12-11-18(2)15-20(23)4)25(27(29)31)28-13-7-8-19(3)17-28/h6,9-12,15-16,19H,5,7-8,13-14,17H2,1-4H3. The molecular weight excluding hydrogens is 400 g/mol. The van der Waals surface area contributed by atoms with Gasteiger partial charge in [-0.1, -0.05) is 43.7 Å². The van der Waals surface area contributed by atoms with Crippen LogP contribution in [0.2, 0.25) is 0 Å². The lowest BCUT2D eigenvalue weighted by Crippen LogP contribution is -2.39. The van der Waals surface area contributed by atoms with Crippen LogP contribution in [0.1, 0.15) is 49.8 Å². The van der Waals surface area contributed by atoms with Crippen molar-refractivity contribution < 1.29 is 14.3 Å². The fraction of sp³-hybridized carbons (Fsp3) is 0.407. The molecule has 168 valence electrons. The van der Waals surface area contributed by atoms with Gasteiger partial charge in [-0.05, 0) is 62.3 Å². The fourth-order valence-corrected chi connectivity index (χ4v) is 4.71. The van der Waals surface area contributed by atoms with Crippen molar-refractivity contribution in [1.29, 1.82) is 0 Å². The van der Waals surface area contributed by atoms with Crippen molar-refractivity contribution in [3.05, 3.63) is 64.9 Å². The average Bonchev–Trinajstić information content (AvgIpc) is 3.02. The molecule has 2 aliphatic rings. The maximum Gasteiger partial charge on any atom is 0.282 e. The fourth-order valence-electron chi connectivity index (χ4n) is 4.71. The lowest BCUT2D eigenvalue weighted by molar-refractivity contribution is -0.120. The third kappa shape index (κ3) is 4.16. The molecular formula is C27H32N2O3. The second-order valence-electron chi connectivity index (χ2n) is 9.03. The van der Waals surface area contributed by atoms with Crippen LogP contribution in [0.4, 0.5) is 5.69 Å². The Balaban J connectivity index is 1.80. The Morgan fingerprint density at radius 2 is 1.88 bits per heavy atom. The van der Waals surface area contributed by atoms with Gasteiger partial charge in [0, 0.05) is 19.2 Å². The molecule has 1 saturated heterocycles. The van der Waals surface area contributed by atoms with E-state index in [4.69, 9.17) is 4.74 Å². The minimum atomic E-state index is -0.261. The molecule has 32 heavy (non-hydrogen) atoms. The number of piperidine rings is 1. The number of hydrogen-bond acceptors (Lipinski definition) is 4. The highest BCUT2D eigenvalue weighted by Crippen LogP contribution is 2.38. The van der Waals surface area contributed by atoms with E-state index in [-0.39, 0.29) is 11.8 Å². The molecule has 1 unspecified atom stereocenters. The zero-order valence-corrected chi connectivity index (χ0v) is 19.5. The van der Waals surface area contributed by atoms with E-state index in [1.165, 1.54) is 4.90 Å². The summed E-state index contributed by atoms with van der Waals surface area (Å²) < 4.78 is 5.75. The van der Waals surface area contributed by atoms with Crippen LogP contribution in [0, 0.1) is 19.8 Å². The van der Waals surface area contributed by atoms with E-state index >= 15 is 0 Å². The maximum absolute atomic E-state index is 13.8. The lowest BCUT2D eigenvalue weighted by Gasteiger charge is -2.33. The third-order valence-corrected chi connectivity index (χ3v) is 6.23. The number of ether oxygens (including phenoxy) is 1. The normalized spacial score (nSPS) is 19.2. The first-order valence-corrected chi connectivity index (χ1v) is 11.6. The Labute approximate surface area is 190 Å². The van der Waals surface area contributed by atoms with E-state index in [2.05, 4.69) is 17.9 Å². The predicted octanol–water partition coefficient (Wildman–Crippen LogP) is 5.11. The molecule has 1 fully saturated rings. The van der Waals surface area contributed by atoms with E-state index in [0.29, 0.717) is 35.2 Å². The van der Waals surface area contributed by atoms with Gasteiger partial charge in [-0.25, -0.2) is 4.90 Å². The highest BCUT2D eigenvalue weighted by molar-refractivity contribution is 6.45. The Hall–Kier alpha value is -3.08. The molecule has 0 bridgehead atoms. The summed E-state index contributed by atoms with van der Waals surface area (Å²) in [6.45, 7) is 10.5. The number of carbonyl (C=O) groups is 2. The van der Waals surface area contributed by atoms with Crippen LogP contribution in [0.15, 0.2) is 48.2 Å². The highest BCUT2D eigenvalue weighted by atomic mass is 16.5. The van der Waals surface area contributed by atoms with Crippen LogP contribution in [-0.2, 0) is 9.59 Å². The van der Waals surface area contributed by atoms with E-state index < -0.39 is 0 Å². The molecule has 4 rings (SSSR count). The highest BCUT2D eigenvalue weighted by Gasteiger charge is 2.43. The summed E-state index contributed by atoms with van der Waals surface area (Å²) in [4.78, 5) is 31.0. The van der Waals surface area contributed by atoms with Crippen LogP contribution in [-0.4, -0.2) is 36.4 Å². The predicted molar refractivity (Wildman–Crippen MR) is 128 cm³/mol. The number of benzene rings is 2. The molecule has 5 heteroatoms. The van der Waals surface area contributed by atoms with Gasteiger partial charge in [-0.15, -0.1) is 0 Å². The SMILES string of the molecule is CCCOc1cccc(N2C(=O)C(c3ccc(C)cc3C)=C(N3CCCC(C)C3)C2=O)c1. The molecule has 2 aromatic carbocycles. The number of carbonyl (C=O) groups excluding carboxylic acids is 2. The van der Waals surface area contributed by atoms with Crippen LogP contribution in [0.5, 0.6) is 5.75 Å². The van der Waals surface area contributed by atoms with Crippen LogP contribution in [0.25, 0.3) is 5.57 Å². The Morgan fingerprint density at radius 3 is 2.59 bits per heavy atom. The van der Waals surface area contributed by atoms with Crippen LogP contribution in [0.3, 0.4) is 0 Å². The molecule has 2 aromatic rings. The molecule has 0 saturated carbocycles. The number of anilines is 1. The number of aryl methyl sites for hydroxylation is 2. The van der Waals surface area contributed by atoms with Crippen molar-refractivity contribution in [2.24, 2.45) is 5.92 Å². The molecule has 1 atom stereocenters. The lowest BCUT2D eigenvalue weighted by atomic mass is 9.95. The summed E-state index contributed by atoms with van der Waals surface area (Å²) in [7, 11) is 0. The van der Waals surface area contributed by atoms with E-state index in [0.717, 1.165) is 49.0 Å². The second-order valence-corrected chi connectivity index (χ2v) is 9.03. The van der Waals surface area contributed by atoms with Gasteiger partial charge in [0.2, 0.25) is 0 Å². The summed E-state index contributed by atoms with van der Waals surface area (Å²) in [5.74, 6) is 0.645. The van der Waals surface area contributed by atoms with Gasteiger partial charge in [-0.3, -0.25) is 9.59 Å². The molecule has 0 aliphatic carbocycles. The van der Waals surface area contributed by atoms with Gasteiger partial charge >= 0.3 is 0 Å². The van der Waals surface area contributed by atoms with Crippen LogP contribution < -0.4 is 9.64 Å². The Kier molecular flexibility index (Phi) is 6.35. The molecule has 0 N–H and O–H groups in total. The summed E-state index contributed by atoms with van der Waals surface area (Å²) in [5.41, 5.74) is 4.58. The minimum Gasteiger partial charge on any atom is -0.494 e. The largest absolute Gasteiger partial charge is 0.494 e. The van der Waals surface area contributed by atoms with Crippen molar-refractivity contribution >= 4 is 23.1 Å².